The van der Waals surface area contributed by atoms with Crippen LogP contribution in [0.5, 0.6) is 0 Å². The van der Waals surface area contributed by atoms with Crippen LogP contribution < -0.4 is 5.32 Å². The molecule has 0 radical (unpaired) electrons. The van der Waals surface area contributed by atoms with E-state index in [0.717, 1.165) is 16.8 Å². The number of allylic oxidation sites excluding steroid dienone is 2. The van der Waals surface area contributed by atoms with E-state index in [4.69, 9.17) is 0 Å². The second-order valence-electron chi connectivity index (χ2n) is 4.68. The van der Waals surface area contributed by atoms with Crippen LogP contribution in [0, 0.1) is 11.8 Å². The van der Waals surface area contributed by atoms with E-state index in [-0.39, 0.29) is 11.8 Å². The van der Waals surface area contributed by atoms with Crippen molar-refractivity contribution in [1.29, 1.82) is 0 Å². The number of nitrogens with one attached hydrogen (secondary N) is 1. The molecule has 0 spiro atoms. The first-order chi connectivity index (χ1) is 6.77. The van der Waals surface area contributed by atoms with Gasteiger partial charge in [0.25, 0.3) is 0 Å². The standard InChI is InChI=1S/C13H23NO/c1-8(2)11(7)13(15)14-12(9(3)4)10(5)6/h8,11H,3H2,1-2,4-7H3,(H,14,15)/t11-/m0/s1. The Kier molecular flexibility index (Phi) is 5.34. The van der Waals surface area contributed by atoms with Gasteiger partial charge >= 0.3 is 0 Å². The van der Waals surface area contributed by atoms with Gasteiger partial charge in [-0.3, -0.25) is 4.79 Å². The zero-order valence-electron chi connectivity index (χ0n) is 10.8. The van der Waals surface area contributed by atoms with Crippen LogP contribution in [0.4, 0.5) is 0 Å². The molecule has 1 amide bonds. The van der Waals surface area contributed by atoms with Gasteiger partial charge in [0.1, 0.15) is 0 Å². The minimum Gasteiger partial charge on any atom is -0.326 e. The minimum absolute atomic E-state index is 0.0266. The topological polar surface area (TPSA) is 29.1 Å². The zero-order valence-corrected chi connectivity index (χ0v) is 10.8. The van der Waals surface area contributed by atoms with Crippen molar-refractivity contribution in [3.63, 3.8) is 0 Å². The number of carbonyl (C=O) groups is 1. The molecule has 0 aromatic heterocycles. The summed E-state index contributed by atoms with van der Waals surface area (Å²) < 4.78 is 0. The van der Waals surface area contributed by atoms with Crippen LogP contribution in [0.1, 0.15) is 41.5 Å². The van der Waals surface area contributed by atoms with Crippen molar-refractivity contribution in [3.05, 3.63) is 23.4 Å². The van der Waals surface area contributed by atoms with Crippen LogP contribution in [-0.4, -0.2) is 5.91 Å². The van der Waals surface area contributed by atoms with Gasteiger partial charge in [0.05, 0.1) is 0 Å². The van der Waals surface area contributed by atoms with E-state index in [2.05, 4.69) is 11.9 Å². The highest BCUT2D eigenvalue weighted by Crippen LogP contribution is 2.14. The number of amides is 1. The largest absolute Gasteiger partial charge is 0.326 e. The van der Waals surface area contributed by atoms with Crippen molar-refractivity contribution in [3.8, 4) is 0 Å². The maximum atomic E-state index is 11.8. The Labute approximate surface area is 93.5 Å². The molecule has 0 bridgehead atoms. The summed E-state index contributed by atoms with van der Waals surface area (Å²) in [5.74, 6) is 0.455. The maximum absolute atomic E-state index is 11.8. The fourth-order valence-corrected chi connectivity index (χ4v) is 1.20. The van der Waals surface area contributed by atoms with Gasteiger partial charge in [0.2, 0.25) is 5.91 Å². The third kappa shape index (κ3) is 4.32. The summed E-state index contributed by atoms with van der Waals surface area (Å²) in [5.41, 5.74) is 2.86. The molecule has 1 atom stereocenters. The van der Waals surface area contributed by atoms with E-state index in [0.29, 0.717) is 5.92 Å². The van der Waals surface area contributed by atoms with Crippen molar-refractivity contribution < 1.29 is 4.79 Å². The summed E-state index contributed by atoms with van der Waals surface area (Å²) in [7, 11) is 0. The maximum Gasteiger partial charge on any atom is 0.227 e. The molecule has 0 unspecified atom stereocenters. The average molecular weight is 209 g/mol. The lowest BCUT2D eigenvalue weighted by Crippen LogP contribution is -2.32. The molecule has 15 heavy (non-hydrogen) atoms. The van der Waals surface area contributed by atoms with Gasteiger partial charge in [-0.1, -0.05) is 32.9 Å². The third-order valence-electron chi connectivity index (χ3n) is 2.59. The fraction of sp³-hybridized carbons (Fsp3) is 0.615. The predicted molar refractivity (Wildman–Crippen MR) is 65.3 cm³/mol. The summed E-state index contributed by atoms with van der Waals surface area (Å²) in [6, 6.07) is 0. The summed E-state index contributed by atoms with van der Waals surface area (Å²) in [4.78, 5) is 11.8. The average Bonchev–Trinajstić information content (AvgIpc) is 2.11. The lowest BCUT2D eigenvalue weighted by Gasteiger charge is -2.18. The second-order valence-corrected chi connectivity index (χ2v) is 4.68. The van der Waals surface area contributed by atoms with E-state index >= 15 is 0 Å². The Morgan fingerprint density at radius 1 is 1.13 bits per heavy atom. The predicted octanol–water partition coefficient (Wildman–Crippen LogP) is 3.26. The summed E-state index contributed by atoms with van der Waals surface area (Å²) in [6.45, 7) is 15.8. The number of hydrogen-bond donors (Lipinski definition) is 1. The van der Waals surface area contributed by atoms with Gasteiger partial charge in [0.15, 0.2) is 0 Å². The first kappa shape index (κ1) is 13.9. The molecule has 2 heteroatoms. The first-order valence-corrected chi connectivity index (χ1v) is 5.41. The number of rotatable bonds is 4. The van der Waals surface area contributed by atoms with Gasteiger partial charge < -0.3 is 5.32 Å². The van der Waals surface area contributed by atoms with Crippen LogP contribution in [0.15, 0.2) is 23.4 Å². The van der Waals surface area contributed by atoms with Crippen molar-refractivity contribution >= 4 is 5.91 Å². The zero-order chi connectivity index (χ0) is 12.2. The molecule has 0 fully saturated rings. The summed E-state index contributed by atoms with van der Waals surface area (Å²) in [5, 5.41) is 2.94. The van der Waals surface area contributed by atoms with E-state index in [1.807, 2.05) is 41.5 Å². The molecule has 0 saturated carbocycles. The highest BCUT2D eigenvalue weighted by molar-refractivity contribution is 5.81. The molecule has 0 rings (SSSR count). The molecule has 0 aliphatic rings. The van der Waals surface area contributed by atoms with Crippen molar-refractivity contribution in [2.45, 2.75) is 41.5 Å². The van der Waals surface area contributed by atoms with Gasteiger partial charge in [-0.15, -0.1) is 0 Å². The lowest BCUT2D eigenvalue weighted by molar-refractivity contribution is -0.124. The molecule has 0 aromatic rings. The van der Waals surface area contributed by atoms with E-state index in [9.17, 15) is 4.79 Å². The van der Waals surface area contributed by atoms with Crippen molar-refractivity contribution in [2.75, 3.05) is 0 Å². The summed E-state index contributed by atoms with van der Waals surface area (Å²) in [6.07, 6.45) is 0. The smallest absolute Gasteiger partial charge is 0.227 e. The highest BCUT2D eigenvalue weighted by atomic mass is 16.1. The van der Waals surface area contributed by atoms with E-state index < -0.39 is 0 Å². The SMILES string of the molecule is C=C(C)C(NC(=O)[C@@H](C)C(C)C)=C(C)C. The fourth-order valence-electron chi connectivity index (χ4n) is 1.20. The molecule has 0 aromatic carbocycles. The van der Waals surface area contributed by atoms with Gasteiger partial charge in [-0.05, 0) is 32.3 Å². The number of hydrogen-bond acceptors (Lipinski definition) is 1. The normalized spacial score (nSPS) is 12.2. The lowest BCUT2D eigenvalue weighted by atomic mass is 9.97. The molecule has 86 valence electrons. The van der Waals surface area contributed by atoms with Gasteiger partial charge in [-0.25, -0.2) is 0 Å². The quantitative estimate of drug-likeness (QED) is 0.707. The molecule has 0 saturated heterocycles. The molecular weight excluding hydrogens is 186 g/mol. The third-order valence-corrected chi connectivity index (χ3v) is 2.59. The Morgan fingerprint density at radius 2 is 1.60 bits per heavy atom. The molecule has 0 aliphatic carbocycles. The van der Waals surface area contributed by atoms with Crippen LogP contribution in [-0.2, 0) is 4.79 Å². The van der Waals surface area contributed by atoms with Gasteiger partial charge in [-0.2, -0.15) is 0 Å². The first-order valence-electron chi connectivity index (χ1n) is 5.41. The Morgan fingerprint density at radius 3 is 1.87 bits per heavy atom. The minimum atomic E-state index is 0.0266. The molecular formula is C13H23NO. The van der Waals surface area contributed by atoms with E-state index in [1.54, 1.807) is 0 Å². The van der Waals surface area contributed by atoms with Crippen LogP contribution >= 0.6 is 0 Å². The Balaban J connectivity index is 4.66. The Bertz CT molecular complexity index is 283. The molecule has 0 heterocycles. The van der Waals surface area contributed by atoms with Gasteiger partial charge in [0, 0.05) is 11.6 Å². The van der Waals surface area contributed by atoms with Crippen molar-refractivity contribution in [1.82, 2.24) is 5.32 Å². The Hall–Kier alpha value is -1.05. The summed E-state index contributed by atoms with van der Waals surface area (Å²) >= 11 is 0. The molecule has 1 N–H and O–H groups in total. The monoisotopic (exact) mass is 209 g/mol. The van der Waals surface area contributed by atoms with E-state index in [1.165, 1.54) is 0 Å². The van der Waals surface area contributed by atoms with Crippen molar-refractivity contribution in [2.24, 2.45) is 11.8 Å². The van der Waals surface area contributed by atoms with Crippen LogP contribution in [0.2, 0.25) is 0 Å². The highest BCUT2D eigenvalue weighted by Gasteiger charge is 2.17. The van der Waals surface area contributed by atoms with Crippen LogP contribution in [0.3, 0.4) is 0 Å². The second kappa shape index (κ2) is 5.74. The molecule has 2 nitrogen and oxygen atoms in total. The molecule has 0 aliphatic heterocycles. The number of carbonyl (C=O) groups excluding carboxylic acids is 1. The van der Waals surface area contributed by atoms with Crippen LogP contribution in [0.25, 0.3) is 0 Å².